The van der Waals surface area contributed by atoms with Gasteiger partial charge in [-0.1, -0.05) is 0 Å². The van der Waals surface area contributed by atoms with E-state index in [1.54, 1.807) is 18.6 Å². The van der Waals surface area contributed by atoms with E-state index in [2.05, 4.69) is 14.9 Å². The average Bonchev–Trinajstić information content (AvgIpc) is 2.73. The third-order valence-electron chi connectivity index (χ3n) is 6.75. The number of ether oxygens (including phenoxy) is 1. The van der Waals surface area contributed by atoms with Crippen molar-refractivity contribution in [2.24, 2.45) is 5.41 Å². The van der Waals surface area contributed by atoms with Crippen molar-refractivity contribution >= 4 is 5.91 Å². The minimum atomic E-state index is -0.254. The van der Waals surface area contributed by atoms with Crippen LogP contribution in [0.15, 0.2) is 18.6 Å². The monoisotopic (exact) mass is 388 g/mol. The molecule has 1 spiro atoms. The lowest BCUT2D eigenvalue weighted by molar-refractivity contribution is -0.135. The number of β-amino-alcohol motifs (C(OH)–C–C–N with tert-alkyl or cyclic N) is 1. The second-order valence-corrected chi connectivity index (χ2v) is 8.71. The molecule has 1 aromatic rings. The van der Waals surface area contributed by atoms with Crippen molar-refractivity contribution in [3.8, 4) is 0 Å². The van der Waals surface area contributed by atoms with Crippen LogP contribution < -0.4 is 0 Å². The lowest BCUT2D eigenvalue weighted by Gasteiger charge is -2.51. The summed E-state index contributed by atoms with van der Waals surface area (Å²) in [4.78, 5) is 25.4. The minimum absolute atomic E-state index is 0.150. The molecule has 7 nitrogen and oxygen atoms in total. The Morgan fingerprint density at radius 3 is 2.75 bits per heavy atom. The van der Waals surface area contributed by atoms with Gasteiger partial charge in [0.15, 0.2) is 0 Å². The van der Waals surface area contributed by atoms with E-state index in [-0.39, 0.29) is 17.4 Å². The zero-order valence-corrected chi connectivity index (χ0v) is 16.6. The Morgan fingerprint density at radius 1 is 1.25 bits per heavy atom. The van der Waals surface area contributed by atoms with Gasteiger partial charge in [0.1, 0.15) is 0 Å². The highest BCUT2D eigenvalue weighted by Crippen LogP contribution is 2.41. The number of carbonyl (C=O) groups excluding carboxylic acids is 1. The summed E-state index contributed by atoms with van der Waals surface area (Å²) in [5.74, 6) is 0.207. The van der Waals surface area contributed by atoms with E-state index < -0.39 is 0 Å². The van der Waals surface area contributed by atoms with Crippen molar-refractivity contribution in [1.82, 2.24) is 19.8 Å². The van der Waals surface area contributed by atoms with Gasteiger partial charge in [-0.2, -0.15) is 0 Å². The van der Waals surface area contributed by atoms with Crippen molar-refractivity contribution < 1.29 is 14.6 Å². The number of nitrogens with zero attached hydrogens (tertiary/aromatic N) is 4. The summed E-state index contributed by atoms with van der Waals surface area (Å²) in [5.41, 5.74) is 1.02. The highest BCUT2D eigenvalue weighted by atomic mass is 16.5. The molecule has 1 atom stereocenters. The molecular weight excluding hydrogens is 356 g/mol. The summed E-state index contributed by atoms with van der Waals surface area (Å²) in [6.07, 6.45) is 10.9. The molecule has 7 heteroatoms. The lowest BCUT2D eigenvalue weighted by Crippen LogP contribution is -2.57. The third-order valence-corrected chi connectivity index (χ3v) is 6.75. The number of aliphatic hydroxyl groups is 1. The van der Waals surface area contributed by atoms with Crippen molar-refractivity contribution in [3.63, 3.8) is 0 Å². The van der Waals surface area contributed by atoms with Gasteiger partial charge in [-0.05, 0) is 43.9 Å². The zero-order valence-electron chi connectivity index (χ0n) is 16.6. The fraction of sp³-hybridized carbons (Fsp3) is 0.762. The number of hydrogen-bond acceptors (Lipinski definition) is 6. The maximum absolute atomic E-state index is 12.6. The van der Waals surface area contributed by atoms with E-state index in [1.807, 2.05) is 4.90 Å². The van der Waals surface area contributed by atoms with Gasteiger partial charge < -0.3 is 14.7 Å². The molecule has 3 aliphatic rings. The van der Waals surface area contributed by atoms with Crippen LogP contribution in [-0.2, 0) is 16.0 Å². The highest BCUT2D eigenvalue weighted by molar-refractivity contribution is 5.76. The molecule has 0 aromatic carbocycles. The number of hydrogen-bond donors (Lipinski definition) is 1. The topological polar surface area (TPSA) is 78.8 Å². The van der Waals surface area contributed by atoms with Gasteiger partial charge in [-0.15, -0.1) is 0 Å². The van der Waals surface area contributed by atoms with Crippen molar-refractivity contribution in [2.75, 3.05) is 39.4 Å². The fourth-order valence-corrected chi connectivity index (χ4v) is 5.17. The first kappa shape index (κ1) is 19.7. The van der Waals surface area contributed by atoms with E-state index in [1.165, 1.54) is 0 Å². The molecule has 1 amide bonds. The molecule has 3 fully saturated rings. The van der Waals surface area contributed by atoms with Crippen LogP contribution in [0.4, 0.5) is 0 Å². The number of rotatable bonds is 4. The van der Waals surface area contributed by atoms with E-state index in [4.69, 9.17) is 4.74 Å². The number of piperidine rings is 2. The second-order valence-electron chi connectivity index (χ2n) is 8.71. The van der Waals surface area contributed by atoms with Crippen LogP contribution in [-0.4, -0.2) is 82.3 Å². The Balaban J connectivity index is 1.30. The smallest absolute Gasteiger partial charge is 0.222 e. The van der Waals surface area contributed by atoms with Crippen LogP contribution in [0.2, 0.25) is 0 Å². The SMILES string of the molecule is O=C(CCc1cnccn1)N1CCC2(CC1)CC(O)CN(C1CCOCC1)C2. The Bertz CT molecular complexity index is 642. The fourth-order valence-electron chi connectivity index (χ4n) is 5.17. The van der Waals surface area contributed by atoms with Gasteiger partial charge in [0.25, 0.3) is 0 Å². The molecule has 3 aliphatic heterocycles. The summed E-state index contributed by atoms with van der Waals surface area (Å²) in [5, 5.41) is 10.5. The molecule has 0 radical (unpaired) electrons. The van der Waals surface area contributed by atoms with Crippen LogP contribution in [0.25, 0.3) is 0 Å². The molecule has 3 saturated heterocycles. The normalized spacial score (nSPS) is 26.5. The first-order valence-corrected chi connectivity index (χ1v) is 10.7. The third kappa shape index (κ3) is 4.70. The van der Waals surface area contributed by atoms with Gasteiger partial charge in [0.2, 0.25) is 5.91 Å². The first-order valence-electron chi connectivity index (χ1n) is 10.7. The zero-order chi connectivity index (χ0) is 19.4. The van der Waals surface area contributed by atoms with Crippen LogP contribution in [0.3, 0.4) is 0 Å². The Labute approximate surface area is 167 Å². The van der Waals surface area contributed by atoms with Gasteiger partial charge in [0, 0.05) is 70.4 Å². The molecule has 0 aliphatic carbocycles. The number of likely N-dealkylation sites (tertiary alicyclic amines) is 2. The van der Waals surface area contributed by atoms with E-state index in [0.717, 1.165) is 77.2 Å². The summed E-state index contributed by atoms with van der Waals surface area (Å²) >= 11 is 0. The average molecular weight is 389 g/mol. The number of aliphatic hydroxyl groups excluding tert-OH is 1. The maximum atomic E-state index is 12.6. The first-order chi connectivity index (χ1) is 13.6. The number of aryl methyl sites for hydroxylation is 1. The Hall–Kier alpha value is -1.57. The second kappa shape index (κ2) is 8.84. The molecule has 154 valence electrons. The number of aromatic nitrogens is 2. The molecule has 4 rings (SSSR count). The molecule has 4 heterocycles. The Morgan fingerprint density at radius 2 is 2.04 bits per heavy atom. The van der Waals surface area contributed by atoms with Crippen LogP contribution >= 0.6 is 0 Å². The Kier molecular flexibility index (Phi) is 6.23. The quantitative estimate of drug-likeness (QED) is 0.837. The van der Waals surface area contributed by atoms with Crippen LogP contribution in [0.1, 0.15) is 44.2 Å². The molecule has 1 aromatic heterocycles. The van der Waals surface area contributed by atoms with Gasteiger partial charge in [-0.25, -0.2) is 0 Å². The van der Waals surface area contributed by atoms with Gasteiger partial charge in [0.05, 0.1) is 11.8 Å². The predicted molar refractivity (Wildman–Crippen MR) is 105 cm³/mol. The predicted octanol–water partition coefficient (Wildman–Crippen LogP) is 1.26. The molecule has 1 unspecified atom stereocenters. The highest BCUT2D eigenvalue weighted by Gasteiger charge is 2.43. The summed E-state index contributed by atoms with van der Waals surface area (Å²) in [7, 11) is 0. The summed E-state index contributed by atoms with van der Waals surface area (Å²) in [6, 6.07) is 0.534. The summed E-state index contributed by atoms with van der Waals surface area (Å²) in [6.45, 7) is 5.10. The summed E-state index contributed by atoms with van der Waals surface area (Å²) < 4.78 is 5.51. The standard InChI is InChI=1S/C21H32N4O3/c26-19-13-21(16-25(15-19)18-3-11-28-12-4-18)5-9-24(10-6-21)20(27)2-1-17-14-22-7-8-23-17/h7-8,14,18-19,26H,1-6,9-13,15-16H2. The van der Waals surface area contributed by atoms with E-state index in [9.17, 15) is 9.90 Å². The van der Waals surface area contributed by atoms with Crippen LogP contribution in [0, 0.1) is 5.41 Å². The number of amides is 1. The lowest BCUT2D eigenvalue weighted by atomic mass is 9.71. The van der Waals surface area contributed by atoms with Gasteiger partial charge >= 0.3 is 0 Å². The minimum Gasteiger partial charge on any atom is -0.392 e. The maximum Gasteiger partial charge on any atom is 0.222 e. The molecule has 0 saturated carbocycles. The van der Waals surface area contributed by atoms with Crippen molar-refractivity contribution in [1.29, 1.82) is 0 Å². The van der Waals surface area contributed by atoms with E-state index in [0.29, 0.717) is 18.9 Å². The van der Waals surface area contributed by atoms with Crippen LogP contribution in [0.5, 0.6) is 0 Å². The number of carbonyl (C=O) groups is 1. The molecule has 28 heavy (non-hydrogen) atoms. The van der Waals surface area contributed by atoms with Crippen molar-refractivity contribution in [2.45, 2.75) is 57.1 Å². The molecular formula is C21H32N4O3. The van der Waals surface area contributed by atoms with E-state index >= 15 is 0 Å². The molecule has 1 N–H and O–H groups in total. The van der Waals surface area contributed by atoms with Crippen molar-refractivity contribution in [3.05, 3.63) is 24.3 Å². The largest absolute Gasteiger partial charge is 0.392 e. The molecule has 0 bridgehead atoms. The van der Waals surface area contributed by atoms with Gasteiger partial charge in [-0.3, -0.25) is 19.7 Å².